The number of halogens is 3. The van der Waals surface area contributed by atoms with E-state index in [1.807, 2.05) is 0 Å². The van der Waals surface area contributed by atoms with Gasteiger partial charge in [0, 0.05) is 0 Å². The molecule has 0 bridgehead atoms. The minimum Gasteiger partial charge on any atom is -0.114 e. The fourth-order valence-electron chi connectivity index (χ4n) is 0.697. The second kappa shape index (κ2) is 16.8. The molecule has 0 aromatic heterocycles. The minimum atomic E-state index is 0. The zero-order chi connectivity index (χ0) is 5.70. The first-order valence-corrected chi connectivity index (χ1v) is 3.31. The van der Waals surface area contributed by atoms with E-state index in [9.17, 15) is 0 Å². The lowest BCUT2D eigenvalue weighted by Gasteiger charge is -2.02. The van der Waals surface area contributed by atoms with Gasteiger partial charge in [-0.2, -0.15) is 0 Å². The Morgan fingerprint density at radius 3 is 1.50 bits per heavy atom. The molecule has 1 unspecified atom stereocenters. The molecule has 0 aromatic carbocycles. The molecular weight excluding hydrogens is 324 g/mol. The van der Waals surface area contributed by atoms with E-state index in [1.54, 1.807) is 0 Å². The first kappa shape index (κ1) is 22.5. The van der Waals surface area contributed by atoms with Crippen LogP contribution in [0.2, 0.25) is 0 Å². The van der Waals surface area contributed by atoms with Crippen LogP contribution < -0.4 is 0 Å². The molecule has 0 aromatic rings. The van der Waals surface area contributed by atoms with Gasteiger partial charge in [-0.1, -0.05) is 40.0 Å². The predicted molar refractivity (Wildman–Crippen MR) is 65.3 cm³/mol. The summed E-state index contributed by atoms with van der Waals surface area (Å²) in [5.74, 6) is 0.949. The molecule has 0 spiro atoms. The summed E-state index contributed by atoms with van der Waals surface area (Å²) in [5.41, 5.74) is 0. The highest BCUT2D eigenvalue weighted by molar-refractivity contribution is 8.93. The Kier molecular flexibility index (Phi) is 37.9. The molecule has 0 aliphatic rings. The van der Waals surface area contributed by atoms with Crippen LogP contribution in [0.5, 0.6) is 0 Å². The third-order valence-corrected chi connectivity index (χ3v) is 1.48. The van der Waals surface area contributed by atoms with Crippen molar-refractivity contribution in [3.05, 3.63) is 0 Å². The Bertz CT molecular complexity index is 39.8. The molecule has 0 fully saturated rings. The zero-order valence-corrected chi connectivity index (χ0v) is 12.1. The Hall–Kier alpha value is 1.44. The van der Waals surface area contributed by atoms with Crippen LogP contribution in [-0.4, -0.2) is 0 Å². The van der Waals surface area contributed by atoms with Gasteiger partial charge < -0.3 is 0 Å². The molecule has 0 nitrogen and oxygen atoms in total. The molecular formula is C7H19Br3. The fraction of sp³-hybridized carbons (Fsp3) is 1.00. The monoisotopic (exact) mass is 340 g/mol. The van der Waals surface area contributed by atoms with Gasteiger partial charge >= 0.3 is 0 Å². The first-order valence-electron chi connectivity index (χ1n) is 3.31. The van der Waals surface area contributed by atoms with E-state index < -0.39 is 0 Å². The molecule has 3 heteroatoms. The normalized spacial score (nSPS) is 9.90. The van der Waals surface area contributed by atoms with Crippen LogP contribution in [0.4, 0.5) is 0 Å². The van der Waals surface area contributed by atoms with E-state index in [4.69, 9.17) is 0 Å². The molecule has 0 heterocycles. The lowest BCUT2D eigenvalue weighted by Crippen LogP contribution is -1.88. The van der Waals surface area contributed by atoms with Crippen LogP contribution in [0.25, 0.3) is 0 Å². The van der Waals surface area contributed by atoms with Gasteiger partial charge in [-0.05, 0) is 5.92 Å². The Morgan fingerprint density at radius 1 is 1.00 bits per heavy atom. The SMILES string of the molecule is Br.Br.Br.CCCC(C)CC. The van der Waals surface area contributed by atoms with Crippen molar-refractivity contribution in [2.75, 3.05) is 0 Å². The standard InChI is InChI=1S/C7H16.3BrH/c1-4-6-7(3)5-2;;;/h7H,4-6H2,1-3H3;3*1H. The minimum absolute atomic E-state index is 0. The van der Waals surface area contributed by atoms with Crippen molar-refractivity contribution in [3.63, 3.8) is 0 Å². The van der Waals surface area contributed by atoms with Crippen molar-refractivity contribution in [2.45, 2.75) is 40.0 Å². The van der Waals surface area contributed by atoms with Crippen LogP contribution in [0.1, 0.15) is 40.0 Å². The van der Waals surface area contributed by atoms with E-state index in [0.717, 1.165) is 5.92 Å². The molecule has 0 aliphatic heterocycles. The van der Waals surface area contributed by atoms with Crippen molar-refractivity contribution in [1.29, 1.82) is 0 Å². The van der Waals surface area contributed by atoms with Gasteiger partial charge in [-0.25, -0.2) is 0 Å². The molecule has 0 radical (unpaired) electrons. The van der Waals surface area contributed by atoms with Gasteiger partial charge in [0.1, 0.15) is 0 Å². The largest absolute Gasteiger partial charge is 0.114 e. The third kappa shape index (κ3) is 16.2. The van der Waals surface area contributed by atoms with Crippen molar-refractivity contribution < 1.29 is 0 Å². The second-order valence-electron chi connectivity index (χ2n) is 2.30. The molecule has 1 atom stereocenters. The van der Waals surface area contributed by atoms with Crippen molar-refractivity contribution in [2.24, 2.45) is 5.92 Å². The van der Waals surface area contributed by atoms with Crippen LogP contribution in [0, 0.1) is 5.92 Å². The molecule has 0 aliphatic carbocycles. The molecule has 0 saturated carbocycles. The van der Waals surface area contributed by atoms with Crippen LogP contribution in [0.15, 0.2) is 0 Å². The summed E-state index contributed by atoms with van der Waals surface area (Å²) in [6, 6.07) is 0. The Morgan fingerprint density at radius 2 is 1.40 bits per heavy atom. The van der Waals surface area contributed by atoms with Gasteiger partial charge in [0.05, 0.1) is 0 Å². The van der Waals surface area contributed by atoms with Crippen LogP contribution in [-0.2, 0) is 0 Å². The molecule has 0 N–H and O–H groups in total. The maximum Gasteiger partial charge on any atom is -0.0446 e. The van der Waals surface area contributed by atoms with E-state index in [2.05, 4.69) is 20.8 Å². The second-order valence-corrected chi connectivity index (χ2v) is 2.30. The first-order chi connectivity index (χ1) is 3.31. The summed E-state index contributed by atoms with van der Waals surface area (Å²) < 4.78 is 0. The molecule has 10 heavy (non-hydrogen) atoms. The summed E-state index contributed by atoms with van der Waals surface area (Å²) in [4.78, 5) is 0. The molecule has 68 valence electrons. The summed E-state index contributed by atoms with van der Waals surface area (Å²) in [6.45, 7) is 6.80. The smallest absolute Gasteiger partial charge is 0.0446 e. The summed E-state index contributed by atoms with van der Waals surface area (Å²) in [6.07, 6.45) is 4.08. The lowest BCUT2D eigenvalue weighted by molar-refractivity contribution is 0.509. The van der Waals surface area contributed by atoms with Crippen molar-refractivity contribution in [3.8, 4) is 0 Å². The van der Waals surface area contributed by atoms with Gasteiger partial charge in [0.2, 0.25) is 0 Å². The lowest BCUT2D eigenvalue weighted by atomic mass is 10.0. The highest BCUT2D eigenvalue weighted by Gasteiger charge is 1.92. The predicted octanol–water partition coefficient (Wildman–Crippen LogP) is 4.57. The quantitative estimate of drug-likeness (QED) is 0.705. The van der Waals surface area contributed by atoms with E-state index >= 15 is 0 Å². The van der Waals surface area contributed by atoms with Gasteiger partial charge in [-0.3, -0.25) is 0 Å². The average molecular weight is 343 g/mol. The number of hydrogen-bond donors (Lipinski definition) is 0. The highest BCUT2D eigenvalue weighted by Crippen LogP contribution is 2.07. The average Bonchev–Trinajstić information content (AvgIpc) is 1.68. The topological polar surface area (TPSA) is 0 Å². The summed E-state index contributed by atoms with van der Waals surface area (Å²) in [5, 5.41) is 0. The van der Waals surface area contributed by atoms with Crippen LogP contribution >= 0.6 is 50.9 Å². The Balaban J connectivity index is -0.0000000600. The summed E-state index contributed by atoms with van der Waals surface area (Å²) in [7, 11) is 0. The van der Waals surface area contributed by atoms with Gasteiger partial charge in [0.15, 0.2) is 0 Å². The maximum atomic E-state index is 2.31. The van der Waals surface area contributed by atoms with E-state index in [1.165, 1.54) is 19.3 Å². The van der Waals surface area contributed by atoms with Crippen LogP contribution in [0.3, 0.4) is 0 Å². The highest BCUT2D eigenvalue weighted by atomic mass is 79.9. The fourth-order valence-corrected chi connectivity index (χ4v) is 0.697. The number of rotatable bonds is 3. The third-order valence-electron chi connectivity index (χ3n) is 1.48. The van der Waals surface area contributed by atoms with E-state index in [0.29, 0.717) is 0 Å². The van der Waals surface area contributed by atoms with Gasteiger partial charge in [0.25, 0.3) is 0 Å². The van der Waals surface area contributed by atoms with Crippen molar-refractivity contribution >= 4 is 50.9 Å². The van der Waals surface area contributed by atoms with Gasteiger partial charge in [-0.15, -0.1) is 50.9 Å². The zero-order valence-electron chi connectivity index (χ0n) is 6.92. The van der Waals surface area contributed by atoms with E-state index in [-0.39, 0.29) is 50.9 Å². The number of hydrogen-bond acceptors (Lipinski definition) is 0. The Labute approximate surface area is 96.5 Å². The molecule has 0 amide bonds. The maximum absolute atomic E-state index is 2.31. The van der Waals surface area contributed by atoms with Crippen molar-refractivity contribution in [1.82, 2.24) is 0 Å². The molecule has 0 saturated heterocycles. The summed E-state index contributed by atoms with van der Waals surface area (Å²) >= 11 is 0. The molecule has 0 rings (SSSR count).